The fraction of sp³-hybridized carbons (Fsp3) is 0.400. The SMILES string of the molecule is CC(C)(C)OC(=O)NCC#Cc1cc(F)ccc1CO. The third-order valence-corrected chi connectivity index (χ3v) is 2.19. The van der Waals surface area contributed by atoms with Gasteiger partial charge in [-0.25, -0.2) is 9.18 Å². The van der Waals surface area contributed by atoms with Crippen molar-refractivity contribution >= 4 is 6.09 Å². The molecule has 0 aliphatic carbocycles. The minimum atomic E-state index is -0.565. The Kier molecular flexibility index (Phi) is 5.53. The second-order valence-electron chi connectivity index (χ2n) is 5.12. The van der Waals surface area contributed by atoms with E-state index in [1.54, 1.807) is 20.8 Å². The molecule has 4 nitrogen and oxygen atoms in total. The van der Waals surface area contributed by atoms with Crippen molar-refractivity contribution in [2.75, 3.05) is 6.54 Å². The molecule has 0 aliphatic rings. The summed E-state index contributed by atoms with van der Waals surface area (Å²) in [4.78, 5) is 11.3. The van der Waals surface area contributed by atoms with Gasteiger partial charge in [0.25, 0.3) is 0 Å². The van der Waals surface area contributed by atoms with E-state index in [2.05, 4.69) is 17.2 Å². The molecule has 0 saturated carbocycles. The van der Waals surface area contributed by atoms with Gasteiger partial charge in [-0.05, 0) is 38.5 Å². The molecule has 108 valence electrons. The van der Waals surface area contributed by atoms with Crippen LogP contribution in [-0.4, -0.2) is 23.3 Å². The summed E-state index contributed by atoms with van der Waals surface area (Å²) in [5, 5.41) is 11.6. The molecule has 1 rings (SSSR count). The van der Waals surface area contributed by atoms with Crippen LogP contribution in [0.3, 0.4) is 0 Å². The highest BCUT2D eigenvalue weighted by Gasteiger charge is 2.14. The van der Waals surface area contributed by atoms with E-state index in [0.717, 1.165) is 0 Å². The summed E-state index contributed by atoms with van der Waals surface area (Å²) in [6, 6.07) is 3.97. The van der Waals surface area contributed by atoms with Crippen LogP contribution < -0.4 is 5.32 Å². The van der Waals surface area contributed by atoms with Gasteiger partial charge in [-0.2, -0.15) is 0 Å². The minimum Gasteiger partial charge on any atom is -0.444 e. The first-order chi connectivity index (χ1) is 9.31. The number of nitrogens with one attached hydrogen (secondary N) is 1. The van der Waals surface area contributed by atoms with Gasteiger partial charge in [-0.3, -0.25) is 0 Å². The molecule has 1 aromatic rings. The number of hydrogen-bond donors (Lipinski definition) is 2. The molecule has 1 aromatic carbocycles. The molecule has 5 heteroatoms. The molecule has 0 spiro atoms. The molecule has 0 heterocycles. The molecule has 0 bridgehead atoms. The Labute approximate surface area is 117 Å². The van der Waals surface area contributed by atoms with E-state index in [0.29, 0.717) is 11.1 Å². The molecule has 0 fully saturated rings. The molecule has 0 atom stereocenters. The summed E-state index contributed by atoms with van der Waals surface area (Å²) >= 11 is 0. The summed E-state index contributed by atoms with van der Waals surface area (Å²) in [6.45, 7) is 5.15. The predicted octanol–water partition coefficient (Wildman–Crippen LogP) is 2.19. The molecule has 0 unspecified atom stereocenters. The lowest BCUT2D eigenvalue weighted by Crippen LogP contribution is -2.32. The second kappa shape index (κ2) is 6.92. The number of alkyl carbamates (subject to hydrolysis) is 1. The average molecular weight is 279 g/mol. The number of halogens is 1. The van der Waals surface area contributed by atoms with Crippen LogP contribution in [0.2, 0.25) is 0 Å². The summed E-state index contributed by atoms with van der Waals surface area (Å²) < 4.78 is 18.1. The van der Waals surface area contributed by atoms with Crippen molar-refractivity contribution in [3.8, 4) is 11.8 Å². The zero-order valence-corrected chi connectivity index (χ0v) is 11.8. The number of rotatable bonds is 2. The Morgan fingerprint density at radius 1 is 1.45 bits per heavy atom. The van der Waals surface area contributed by atoms with Gasteiger partial charge in [0, 0.05) is 5.56 Å². The molecular formula is C15H18FNO3. The van der Waals surface area contributed by atoms with Crippen LogP contribution in [0.15, 0.2) is 18.2 Å². The van der Waals surface area contributed by atoms with Gasteiger partial charge in [0.2, 0.25) is 0 Å². The van der Waals surface area contributed by atoms with E-state index in [1.165, 1.54) is 18.2 Å². The molecule has 2 N–H and O–H groups in total. The largest absolute Gasteiger partial charge is 0.444 e. The quantitative estimate of drug-likeness (QED) is 0.816. The monoisotopic (exact) mass is 279 g/mol. The Balaban J connectivity index is 2.59. The Bertz CT molecular complexity index is 538. The van der Waals surface area contributed by atoms with Crippen molar-refractivity contribution in [1.29, 1.82) is 0 Å². The van der Waals surface area contributed by atoms with Crippen LogP contribution >= 0.6 is 0 Å². The molecular weight excluding hydrogens is 261 g/mol. The maximum absolute atomic E-state index is 13.1. The smallest absolute Gasteiger partial charge is 0.408 e. The summed E-state index contributed by atoms with van der Waals surface area (Å²) in [5.41, 5.74) is 0.374. The standard InChI is InChI=1S/C15H18FNO3/c1-15(2,3)20-14(19)17-8-4-5-11-9-13(16)7-6-12(11)10-18/h6-7,9,18H,8,10H2,1-3H3,(H,17,19). The third-order valence-electron chi connectivity index (χ3n) is 2.19. The van der Waals surface area contributed by atoms with Crippen molar-refractivity contribution in [2.45, 2.75) is 33.0 Å². The van der Waals surface area contributed by atoms with Crippen molar-refractivity contribution in [2.24, 2.45) is 0 Å². The highest BCUT2D eigenvalue weighted by atomic mass is 19.1. The lowest BCUT2D eigenvalue weighted by atomic mass is 10.1. The van der Waals surface area contributed by atoms with Gasteiger partial charge >= 0.3 is 6.09 Å². The number of carbonyl (C=O) groups excluding carboxylic acids is 1. The number of hydrogen-bond acceptors (Lipinski definition) is 3. The predicted molar refractivity (Wildman–Crippen MR) is 73.4 cm³/mol. The number of aliphatic hydroxyl groups excluding tert-OH is 1. The van der Waals surface area contributed by atoms with Crippen LogP contribution in [0, 0.1) is 17.7 Å². The lowest BCUT2D eigenvalue weighted by Gasteiger charge is -2.19. The van der Waals surface area contributed by atoms with Crippen LogP contribution in [0.4, 0.5) is 9.18 Å². The fourth-order valence-corrected chi connectivity index (χ4v) is 1.37. The molecule has 20 heavy (non-hydrogen) atoms. The van der Waals surface area contributed by atoms with Gasteiger partial charge in [0.05, 0.1) is 13.2 Å². The maximum Gasteiger partial charge on any atom is 0.408 e. The van der Waals surface area contributed by atoms with Crippen LogP contribution in [0.5, 0.6) is 0 Å². The fourth-order valence-electron chi connectivity index (χ4n) is 1.37. The van der Waals surface area contributed by atoms with Gasteiger partial charge in [0.1, 0.15) is 11.4 Å². The Morgan fingerprint density at radius 3 is 2.75 bits per heavy atom. The topological polar surface area (TPSA) is 58.6 Å². The Hall–Kier alpha value is -2.06. The van der Waals surface area contributed by atoms with E-state index in [4.69, 9.17) is 9.84 Å². The van der Waals surface area contributed by atoms with E-state index >= 15 is 0 Å². The lowest BCUT2D eigenvalue weighted by molar-refractivity contribution is 0.0535. The third kappa shape index (κ3) is 5.72. The first kappa shape index (κ1) is 16.0. The highest BCUT2D eigenvalue weighted by molar-refractivity contribution is 5.68. The molecule has 0 radical (unpaired) electrons. The number of aliphatic hydroxyl groups is 1. The van der Waals surface area contributed by atoms with Gasteiger partial charge < -0.3 is 15.2 Å². The van der Waals surface area contributed by atoms with E-state index in [1.807, 2.05) is 0 Å². The highest BCUT2D eigenvalue weighted by Crippen LogP contribution is 2.10. The number of amides is 1. The molecule has 0 aromatic heterocycles. The Morgan fingerprint density at radius 2 is 2.15 bits per heavy atom. The first-order valence-electron chi connectivity index (χ1n) is 6.17. The van der Waals surface area contributed by atoms with Crippen LogP contribution in [0.1, 0.15) is 31.9 Å². The molecule has 0 aliphatic heterocycles. The van der Waals surface area contributed by atoms with Gasteiger partial charge in [-0.1, -0.05) is 17.9 Å². The van der Waals surface area contributed by atoms with Gasteiger partial charge in [-0.15, -0.1) is 0 Å². The van der Waals surface area contributed by atoms with E-state index in [9.17, 15) is 9.18 Å². The van der Waals surface area contributed by atoms with E-state index in [-0.39, 0.29) is 13.2 Å². The normalized spacial score (nSPS) is 10.4. The first-order valence-corrected chi connectivity index (χ1v) is 6.17. The summed E-state index contributed by atoms with van der Waals surface area (Å²) in [5.74, 6) is 4.96. The maximum atomic E-state index is 13.1. The minimum absolute atomic E-state index is 0.0797. The van der Waals surface area contributed by atoms with Crippen LogP contribution in [-0.2, 0) is 11.3 Å². The van der Waals surface area contributed by atoms with E-state index < -0.39 is 17.5 Å². The number of benzene rings is 1. The van der Waals surface area contributed by atoms with Crippen molar-refractivity contribution < 1.29 is 19.0 Å². The van der Waals surface area contributed by atoms with Crippen molar-refractivity contribution in [3.63, 3.8) is 0 Å². The summed E-state index contributed by atoms with van der Waals surface area (Å²) in [7, 11) is 0. The summed E-state index contributed by atoms with van der Waals surface area (Å²) in [6.07, 6.45) is -0.562. The number of ether oxygens (including phenoxy) is 1. The average Bonchev–Trinajstić information content (AvgIpc) is 2.33. The molecule has 1 amide bonds. The zero-order valence-electron chi connectivity index (χ0n) is 11.8. The van der Waals surface area contributed by atoms with Crippen molar-refractivity contribution in [3.05, 3.63) is 35.1 Å². The van der Waals surface area contributed by atoms with Crippen LogP contribution in [0.25, 0.3) is 0 Å². The van der Waals surface area contributed by atoms with Crippen molar-refractivity contribution in [1.82, 2.24) is 5.32 Å². The molecule has 0 saturated heterocycles. The number of carbonyl (C=O) groups is 1. The van der Waals surface area contributed by atoms with Gasteiger partial charge in [0.15, 0.2) is 0 Å². The second-order valence-corrected chi connectivity index (χ2v) is 5.12. The zero-order chi connectivity index (χ0) is 15.2.